The maximum absolute atomic E-state index is 15.6. The molecule has 0 saturated carbocycles. The van der Waals surface area contributed by atoms with Crippen LogP contribution in [0.5, 0.6) is 0 Å². The Morgan fingerprint density at radius 3 is 2.31 bits per heavy atom. The molecule has 6 rings (SSSR count). The number of nitrogens with zero attached hydrogens (tertiary/aromatic N) is 6. The number of halogens is 6. The maximum atomic E-state index is 15.6. The van der Waals surface area contributed by atoms with Crippen LogP contribution in [0.3, 0.4) is 0 Å². The van der Waals surface area contributed by atoms with E-state index in [0.717, 1.165) is 34.1 Å². The van der Waals surface area contributed by atoms with Gasteiger partial charge in [0.15, 0.2) is 5.69 Å². The highest BCUT2D eigenvalue weighted by Crippen LogP contribution is 2.38. The van der Waals surface area contributed by atoms with Crippen molar-refractivity contribution in [2.24, 2.45) is 7.05 Å². The van der Waals surface area contributed by atoms with Crippen molar-refractivity contribution < 1.29 is 45.2 Å². The maximum Gasteiger partial charge on any atom is 0.495 e. The molecule has 19 heteroatoms. The molecule has 0 bridgehead atoms. The number of fused-ring (bicyclic) bond motifs is 1. The summed E-state index contributed by atoms with van der Waals surface area (Å²) in [6, 6.07) is 4.59. The number of hydrogen-bond donors (Lipinski definition) is 1. The predicted molar refractivity (Wildman–Crippen MR) is 188 cm³/mol. The number of aryl methyl sites for hydroxylation is 1. The van der Waals surface area contributed by atoms with Gasteiger partial charge in [0.25, 0.3) is 5.91 Å². The van der Waals surface area contributed by atoms with Gasteiger partial charge in [-0.15, -0.1) is 0 Å². The van der Waals surface area contributed by atoms with Gasteiger partial charge >= 0.3 is 19.8 Å². The van der Waals surface area contributed by atoms with Crippen LogP contribution in [0.1, 0.15) is 75.3 Å². The Morgan fingerprint density at radius 1 is 1.04 bits per heavy atom. The quantitative estimate of drug-likeness (QED) is 0.186. The third-order valence-electron chi connectivity index (χ3n) is 10.3. The number of nitrogens with one attached hydrogen (secondary N) is 1. The van der Waals surface area contributed by atoms with Crippen LogP contribution in [0.4, 0.5) is 26.3 Å². The Bertz CT molecular complexity index is 2180. The van der Waals surface area contributed by atoms with Crippen LogP contribution in [0, 0.1) is 5.82 Å². The van der Waals surface area contributed by atoms with E-state index in [1.54, 1.807) is 0 Å². The van der Waals surface area contributed by atoms with Gasteiger partial charge < -0.3 is 24.1 Å². The molecule has 2 aliphatic heterocycles. The van der Waals surface area contributed by atoms with Crippen molar-refractivity contribution in [1.82, 2.24) is 34.3 Å². The summed E-state index contributed by atoms with van der Waals surface area (Å²) >= 11 is 0. The molecule has 1 N–H and O–H groups in total. The minimum Gasteiger partial charge on any atom is -0.399 e. The smallest absolute Gasteiger partial charge is 0.399 e. The first-order chi connectivity index (χ1) is 25.5. The second-order valence-electron chi connectivity index (χ2n) is 15.5. The number of amides is 2. The van der Waals surface area contributed by atoms with Gasteiger partial charge in [0.05, 0.1) is 40.7 Å². The fourth-order valence-corrected chi connectivity index (χ4v) is 6.74. The summed E-state index contributed by atoms with van der Waals surface area (Å²) in [6.07, 6.45) is -1.54. The first-order valence-electron chi connectivity index (χ1n) is 17.4. The summed E-state index contributed by atoms with van der Waals surface area (Å²) in [4.78, 5) is 41.7. The van der Waals surface area contributed by atoms with Crippen LogP contribution in [0.15, 0.2) is 53.7 Å². The Balaban J connectivity index is 1.33. The van der Waals surface area contributed by atoms with Crippen molar-refractivity contribution in [1.29, 1.82) is 0 Å². The Kier molecular flexibility index (Phi) is 10.1. The largest absolute Gasteiger partial charge is 0.495 e. The fraction of sp³-hybridized carbons (Fsp3) is 0.472. The van der Waals surface area contributed by atoms with Crippen molar-refractivity contribution in [2.45, 2.75) is 96.4 Å². The molecular weight excluding hydrogens is 735 g/mol. The minimum atomic E-state index is -4.82. The lowest BCUT2D eigenvalue weighted by molar-refractivity contribution is -0.141. The van der Waals surface area contributed by atoms with Crippen LogP contribution in [-0.2, 0) is 46.7 Å². The third kappa shape index (κ3) is 7.81. The number of hydrogen-bond acceptors (Lipinski definition) is 7. The zero-order chi connectivity index (χ0) is 40.4. The number of rotatable bonds is 10. The van der Waals surface area contributed by atoms with Crippen LogP contribution < -0.4 is 16.3 Å². The van der Waals surface area contributed by atoms with Gasteiger partial charge in [-0.25, -0.2) is 9.07 Å². The van der Waals surface area contributed by atoms with Gasteiger partial charge in [0.1, 0.15) is 11.9 Å². The molecule has 0 radical (unpaired) electrons. The van der Waals surface area contributed by atoms with E-state index in [0.29, 0.717) is 15.7 Å². The van der Waals surface area contributed by atoms with Gasteiger partial charge in [-0.1, -0.05) is 6.07 Å². The lowest BCUT2D eigenvalue weighted by Gasteiger charge is -2.37. The summed E-state index contributed by atoms with van der Waals surface area (Å²) in [7, 11) is 0.529. The summed E-state index contributed by atoms with van der Waals surface area (Å²) < 4.78 is 99.2. The molecule has 1 saturated heterocycles. The van der Waals surface area contributed by atoms with E-state index in [-0.39, 0.29) is 53.9 Å². The zero-order valence-corrected chi connectivity index (χ0v) is 31.2. The van der Waals surface area contributed by atoms with Crippen LogP contribution >= 0.6 is 0 Å². The fourth-order valence-electron chi connectivity index (χ4n) is 6.74. The number of carbonyl (C=O) groups is 2. The third-order valence-corrected chi connectivity index (χ3v) is 10.3. The highest BCUT2D eigenvalue weighted by Gasteiger charge is 2.53. The minimum absolute atomic E-state index is 0.0114. The van der Waals surface area contributed by atoms with Crippen LogP contribution in [0.2, 0.25) is 0 Å². The van der Waals surface area contributed by atoms with Crippen molar-refractivity contribution in [2.75, 3.05) is 6.54 Å². The summed E-state index contributed by atoms with van der Waals surface area (Å²) in [6.45, 7) is 7.08. The Labute approximate surface area is 312 Å². The molecular formula is C36H40BF6N7O5. The Hall–Kier alpha value is -4.91. The number of aromatic nitrogens is 5. The standard InChI is InChI=1S/C36H40BF6N7O5/c1-33(2,19-50-25(15-27(46-50)36(41,42)43)21-8-11-28(51)47(7)18-21)45-30(52)26(14-20-16-44-49(17-20)32(39)40)48-13-12-22-23(9-10-24(38)29(22)31(48)53)37-54-34(3,4)35(5,6)55-37/h8-11,15-18,26,32H,12-14,19H2,1-7H3,(H,45,52)/t26-/m1/s1. The van der Waals surface area contributed by atoms with Crippen LogP contribution in [-0.4, -0.2) is 77.3 Å². The van der Waals surface area contributed by atoms with Crippen molar-refractivity contribution in [3.05, 3.63) is 87.5 Å². The molecule has 12 nitrogen and oxygen atoms in total. The van der Waals surface area contributed by atoms with E-state index in [1.165, 1.54) is 49.9 Å². The van der Waals surface area contributed by atoms with Gasteiger partial charge in [-0.3, -0.25) is 19.1 Å². The first-order valence-corrected chi connectivity index (χ1v) is 17.4. The second-order valence-corrected chi connectivity index (χ2v) is 15.5. The van der Waals surface area contributed by atoms with E-state index in [9.17, 15) is 36.3 Å². The SMILES string of the molecule is Cn1cc(-c2cc(C(F)(F)F)nn2CC(C)(C)NC(=O)[C@@H](Cc2cnn(C(F)F)c2)N2CCc3c(B4OC(C)(C)C(C)(C)O4)ccc(F)c3C2=O)ccc1=O. The molecule has 1 atom stereocenters. The summed E-state index contributed by atoms with van der Waals surface area (Å²) in [5, 5.41) is 10.2. The number of benzene rings is 1. The molecule has 0 spiro atoms. The van der Waals surface area contributed by atoms with Gasteiger partial charge in [0.2, 0.25) is 11.5 Å². The zero-order valence-electron chi connectivity index (χ0n) is 31.2. The highest BCUT2D eigenvalue weighted by atomic mass is 19.4. The highest BCUT2D eigenvalue weighted by molar-refractivity contribution is 6.62. The molecule has 4 aromatic rings. The molecule has 55 heavy (non-hydrogen) atoms. The topological polar surface area (TPSA) is 126 Å². The summed E-state index contributed by atoms with van der Waals surface area (Å²) in [5.74, 6) is -2.48. The normalized spacial score (nSPS) is 17.5. The van der Waals surface area contributed by atoms with Crippen molar-refractivity contribution in [3.63, 3.8) is 0 Å². The lowest BCUT2D eigenvalue weighted by atomic mass is 9.72. The van der Waals surface area contributed by atoms with Crippen LogP contribution in [0.25, 0.3) is 11.3 Å². The molecule has 1 aromatic carbocycles. The van der Waals surface area contributed by atoms with E-state index in [1.807, 2.05) is 27.7 Å². The van der Waals surface area contributed by atoms with Gasteiger partial charge in [-0.2, -0.15) is 32.1 Å². The molecule has 2 amide bonds. The van der Waals surface area contributed by atoms with Gasteiger partial charge in [-0.05, 0) is 82.8 Å². The van der Waals surface area contributed by atoms with E-state index in [2.05, 4.69) is 15.5 Å². The average Bonchev–Trinajstić information content (AvgIpc) is 3.77. The second kappa shape index (κ2) is 14.0. The van der Waals surface area contributed by atoms with Gasteiger partial charge in [0, 0.05) is 44.0 Å². The summed E-state index contributed by atoms with van der Waals surface area (Å²) in [5.41, 5.74) is -3.46. The van der Waals surface area contributed by atoms with E-state index >= 15 is 4.39 Å². The van der Waals surface area contributed by atoms with Crippen molar-refractivity contribution in [3.8, 4) is 11.3 Å². The van der Waals surface area contributed by atoms with E-state index in [4.69, 9.17) is 9.31 Å². The molecule has 294 valence electrons. The monoisotopic (exact) mass is 775 g/mol. The van der Waals surface area contributed by atoms with E-state index < -0.39 is 66.0 Å². The van der Waals surface area contributed by atoms with Crippen molar-refractivity contribution >= 4 is 24.4 Å². The molecule has 0 unspecified atom stereocenters. The first kappa shape index (κ1) is 39.8. The molecule has 2 aliphatic rings. The average molecular weight is 776 g/mol. The number of alkyl halides is 5. The molecule has 5 heterocycles. The number of carbonyl (C=O) groups excluding carboxylic acids is 2. The molecule has 0 aliphatic carbocycles. The molecule has 3 aromatic heterocycles. The lowest BCUT2D eigenvalue weighted by Crippen LogP contribution is -2.58. The number of pyridine rings is 1. The predicted octanol–water partition coefficient (Wildman–Crippen LogP) is 4.50. The molecule has 1 fully saturated rings. The Morgan fingerprint density at radius 2 is 1.71 bits per heavy atom.